The van der Waals surface area contributed by atoms with Crippen LogP contribution in [-0.2, 0) is 4.74 Å². The average Bonchev–Trinajstić information content (AvgIpc) is 2.16. The zero-order chi connectivity index (χ0) is 9.84. The van der Waals surface area contributed by atoms with Crippen LogP contribution in [0.2, 0.25) is 0 Å². The average molecular weight is 180 g/mol. The number of ether oxygens (including phenoxy) is 1. The van der Waals surface area contributed by atoms with E-state index in [1.165, 1.54) is 7.11 Å². The number of carbonyl (C=O) groups excluding carboxylic acids is 1. The van der Waals surface area contributed by atoms with E-state index < -0.39 is 12.1 Å². The summed E-state index contributed by atoms with van der Waals surface area (Å²) in [5.41, 5.74) is 1.01. The minimum Gasteiger partial charge on any atom is -0.465 e. The summed E-state index contributed by atoms with van der Waals surface area (Å²) in [7, 11) is 1.32. The lowest BCUT2D eigenvalue weighted by atomic mass is 10.0. The number of hydrogen-bond acceptors (Lipinski definition) is 3. The predicted molar refractivity (Wildman–Crippen MR) is 48.4 cm³/mol. The summed E-state index contributed by atoms with van der Waals surface area (Å²) in [5.74, 6) is -0.420. The number of rotatable bonds is 2. The highest BCUT2D eigenvalue weighted by molar-refractivity contribution is 5.91. The van der Waals surface area contributed by atoms with E-state index in [1.54, 1.807) is 31.2 Å². The fourth-order valence-electron chi connectivity index (χ4n) is 1.16. The van der Waals surface area contributed by atoms with E-state index in [9.17, 15) is 9.90 Å². The van der Waals surface area contributed by atoms with Crippen LogP contribution in [-0.4, -0.2) is 18.2 Å². The van der Waals surface area contributed by atoms with E-state index in [1.807, 2.05) is 0 Å². The summed E-state index contributed by atoms with van der Waals surface area (Å²) in [6, 6.07) is 6.84. The first-order valence-corrected chi connectivity index (χ1v) is 4.02. The Balaban J connectivity index is 3.12. The Labute approximate surface area is 77.0 Å². The van der Waals surface area contributed by atoms with E-state index in [0.29, 0.717) is 11.1 Å². The van der Waals surface area contributed by atoms with Gasteiger partial charge in [0.25, 0.3) is 0 Å². The molecule has 0 bridgehead atoms. The summed E-state index contributed by atoms with van der Waals surface area (Å²) in [6.45, 7) is 1.61. The summed E-state index contributed by atoms with van der Waals surface area (Å²) in [5, 5.41) is 9.34. The zero-order valence-electron chi connectivity index (χ0n) is 7.65. The number of benzene rings is 1. The number of aliphatic hydroxyl groups excluding tert-OH is 1. The monoisotopic (exact) mass is 180 g/mol. The predicted octanol–water partition coefficient (Wildman–Crippen LogP) is 1.53. The van der Waals surface area contributed by atoms with Crippen molar-refractivity contribution >= 4 is 5.97 Å². The van der Waals surface area contributed by atoms with Gasteiger partial charge in [-0.15, -0.1) is 0 Å². The summed E-state index contributed by atoms with van der Waals surface area (Å²) in [6.07, 6.45) is -0.657. The van der Waals surface area contributed by atoms with E-state index >= 15 is 0 Å². The number of carbonyl (C=O) groups is 1. The van der Waals surface area contributed by atoms with E-state index in [-0.39, 0.29) is 0 Å². The lowest BCUT2D eigenvalue weighted by Crippen LogP contribution is -2.07. The van der Waals surface area contributed by atoms with Crippen LogP contribution in [0.15, 0.2) is 24.3 Å². The van der Waals surface area contributed by atoms with Crippen molar-refractivity contribution in [2.45, 2.75) is 13.0 Å². The molecule has 0 saturated heterocycles. The molecule has 0 aliphatic heterocycles. The van der Waals surface area contributed by atoms with Gasteiger partial charge < -0.3 is 9.84 Å². The van der Waals surface area contributed by atoms with Gasteiger partial charge in [-0.3, -0.25) is 0 Å². The van der Waals surface area contributed by atoms with Crippen LogP contribution in [0.3, 0.4) is 0 Å². The third-order valence-electron chi connectivity index (χ3n) is 1.82. The number of esters is 1. The van der Waals surface area contributed by atoms with Gasteiger partial charge in [-0.1, -0.05) is 18.2 Å². The van der Waals surface area contributed by atoms with E-state index in [2.05, 4.69) is 4.74 Å². The molecule has 1 atom stereocenters. The van der Waals surface area contributed by atoms with Crippen molar-refractivity contribution in [1.29, 1.82) is 0 Å². The molecule has 0 radical (unpaired) electrons. The van der Waals surface area contributed by atoms with Gasteiger partial charge in [0, 0.05) is 0 Å². The minimum absolute atomic E-state index is 0.417. The van der Waals surface area contributed by atoms with Gasteiger partial charge in [0.15, 0.2) is 0 Å². The SMILES string of the molecule is COC(=O)c1ccccc1C(C)O. The van der Waals surface area contributed by atoms with Crippen molar-refractivity contribution in [3.63, 3.8) is 0 Å². The highest BCUT2D eigenvalue weighted by Gasteiger charge is 2.13. The second-order valence-corrected chi connectivity index (χ2v) is 2.75. The van der Waals surface area contributed by atoms with Crippen LogP contribution in [0.5, 0.6) is 0 Å². The molecular weight excluding hydrogens is 168 g/mol. The molecule has 13 heavy (non-hydrogen) atoms. The lowest BCUT2D eigenvalue weighted by molar-refractivity contribution is 0.0594. The molecule has 0 heterocycles. The molecule has 0 saturated carbocycles. The third kappa shape index (κ3) is 2.06. The maximum Gasteiger partial charge on any atom is 0.338 e. The second kappa shape index (κ2) is 4.05. The summed E-state index contributed by atoms with van der Waals surface area (Å²) >= 11 is 0. The molecule has 1 aromatic rings. The molecule has 70 valence electrons. The Morgan fingerprint density at radius 3 is 2.62 bits per heavy atom. The second-order valence-electron chi connectivity index (χ2n) is 2.75. The number of hydrogen-bond donors (Lipinski definition) is 1. The molecule has 0 aromatic heterocycles. The largest absolute Gasteiger partial charge is 0.465 e. The Bertz CT molecular complexity index is 305. The highest BCUT2D eigenvalue weighted by atomic mass is 16.5. The van der Waals surface area contributed by atoms with Gasteiger partial charge in [-0.2, -0.15) is 0 Å². The van der Waals surface area contributed by atoms with Crippen molar-refractivity contribution < 1.29 is 14.6 Å². The fraction of sp³-hybridized carbons (Fsp3) is 0.300. The highest BCUT2D eigenvalue weighted by Crippen LogP contribution is 2.17. The normalized spacial score (nSPS) is 12.2. The van der Waals surface area contributed by atoms with Crippen LogP contribution in [0.1, 0.15) is 28.9 Å². The van der Waals surface area contributed by atoms with Crippen molar-refractivity contribution in [2.24, 2.45) is 0 Å². The van der Waals surface area contributed by atoms with Gasteiger partial charge in [-0.25, -0.2) is 4.79 Å². The lowest BCUT2D eigenvalue weighted by Gasteiger charge is -2.09. The first-order chi connectivity index (χ1) is 6.16. The molecule has 0 fully saturated rings. The Morgan fingerprint density at radius 2 is 2.08 bits per heavy atom. The zero-order valence-corrected chi connectivity index (χ0v) is 7.65. The van der Waals surface area contributed by atoms with Gasteiger partial charge >= 0.3 is 5.97 Å². The minimum atomic E-state index is -0.657. The van der Waals surface area contributed by atoms with Crippen molar-refractivity contribution in [3.05, 3.63) is 35.4 Å². The fourth-order valence-corrected chi connectivity index (χ4v) is 1.16. The molecular formula is C10H12O3. The van der Waals surface area contributed by atoms with Crippen molar-refractivity contribution in [3.8, 4) is 0 Å². The Hall–Kier alpha value is -1.35. The molecule has 1 unspecified atom stereocenters. The van der Waals surface area contributed by atoms with E-state index in [0.717, 1.165) is 0 Å². The van der Waals surface area contributed by atoms with E-state index in [4.69, 9.17) is 0 Å². The quantitative estimate of drug-likeness (QED) is 0.702. The molecule has 0 aliphatic carbocycles. The van der Waals surface area contributed by atoms with Gasteiger partial charge in [0.1, 0.15) is 0 Å². The Morgan fingerprint density at radius 1 is 1.46 bits per heavy atom. The molecule has 3 heteroatoms. The molecule has 1 N–H and O–H groups in total. The molecule has 1 aromatic carbocycles. The van der Waals surface area contributed by atoms with Crippen LogP contribution >= 0.6 is 0 Å². The van der Waals surface area contributed by atoms with Crippen LogP contribution in [0, 0.1) is 0 Å². The van der Waals surface area contributed by atoms with Crippen LogP contribution < -0.4 is 0 Å². The maximum absolute atomic E-state index is 11.2. The molecule has 1 rings (SSSR count). The summed E-state index contributed by atoms with van der Waals surface area (Å²) < 4.78 is 4.58. The van der Waals surface area contributed by atoms with Crippen molar-refractivity contribution in [2.75, 3.05) is 7.11 Å². The van der Waals surface area contributed by atoms with Gasteiger partial charge in [-0.05, 0) is 18.6 Å². The smallest absolute Gasteiger partial charge is 0.338 e. The van der Waals surface area contributed by atoms with Crippen LogP contribution in [0.4, 0.5) is 0 Å². The van der Waals surface area contributed by atoms with Gasteiger partial charge in [0.05, 0.1) is 18.8 Å². The maximum atomic E-state index is 11.2. The Kier molecular flexibility index (Phi) is 3.03. The van der Waals surface area contributed by atoms with Crippen molar-refractivity contribution in [1.82, 2.24) is 0 Å². The molecule has 3 nitrogen and oxygen atoms in total. The van der Waals surface area contributed by atoms with Crippen LogP contribution in [0.25, 0.3) is 0 Å². The third-order valence-corrected chi connectivity index (χ3v) is 1.82. The molecule has 0 amide bonds. The van der Waals surface area contributed by atoms with Gasteiger partial charge in [0.2, 0.25) is 0 Å². The topological polar surface area (TPSA) is 46.5 Å². The first kappa shape index (κ1) is 9.74. The molecule has 0 aliphatic rings. The molecule has 0 spiro atoms. The standard InChI is InChI=1S/C10H12O3/c1-7(11)8-5-3-4-6-9(8)10(12)13-2/h3-7,11H,1-2H3. The first-order valence-electron chi connectivity index (χ1n) is 4.02. The number of aliphatic hydroxyl groups is 1. The summed E-state index contributed by atoms with van der Waals surface area (Å²) in [4.78, 5) is 11.2. The number of methoxy groups -OCH3 is 1.